The van der Waals surface area contributed by atoms with Gasteiger partial charge in [0.2, 0.25) is 5.91 Å². The van der Waals surface area contributed by atoms with E-state index in [2.05, 4.69) is 16.0 Å². The van der Waals surface area contributed by atoms with E-state index in [1.54, 1.807) is 0 Å². The Morgan fingerprint density at radius 2 is 1.87 bits per heavy atom. The van der Waals surface area contributed by atoms with Crippen LogP contribution < -0.4 is 16.0 Å². The zero-order valence-corrected chi connectivity index (χ0v) is 8.66. The Labute approximate surface area is 87.2 Å². The molecule has 0 rings (SSSR count). The highest BCUT2D eigenvalue weighted by atomic mass is 16.4. The van der Waals surface area contributed by atoms with Gasteiger partial charge >= 0.3 is 12.0 Å². The van der Waals surface area contributed by atoms with Crippen LogP contribution in [0.2, 0.25) is 0 Å². The highest BCUT2D eigenvalue weighted by Gasteiger charge is 2.11. The number of hydrogen-bond donors (Lipinski definition) is 4. The molecule has 0 heterocycles. The molecule has 0 aromatic carbocycles. The fourth-order valence-electron chi connectivity index (χ4n) is 0.645. The van der Waals surface area contributed by atoms with Crippen molar-refractivity contribution in [2.45, 2.75) is 6.92 Å². The summed E-state index contributed by atoms with van der Waals surface area (Å²) in [6.45, 7) is 1.36. The molecule has 0 aromatic heterocycles. The summed E-state index contributed by atoms with van der Waals surface area (Å²) in [5, 5.41) is 15.4. The maximum absolute atomic E-state index is 11.0. The van der Waals surface area contributed by atoms with E-state index in [0.29, 0.717) is 0 Å². The summed E-state index contributed by atoms with van der Waals surface area (Å²) in [5.74, 6) is -1.96. The lowest BCUT2D eigenvalue weighted by Gasteiger charge is -2.09. The molecule has 3 amide bonds. The maximum atomic E-state index is 11.0. The van der Waals surface area contributed by atoms with Crippen molar-refractivity contribution in [2.75, 3.05) is 20.1 Å². The first-order valence-electron chi connectivity index (χ1n) is 4.42. The normalized spacial score (nSPS) is 11.3. The molecule has 7 heteroatoms. The molecule has 0 bridgehead atoms. The summed E-state index contributed by atoms with van der Waals surface area (Å²) in [6.07, 6.45) is 0. The van der Waals surface area contributed by atoms with E-state index >= 15 is 0 Å². The summed E-state index contributed by atoms with van der Waals surface area (Å²) >= 11 is 0. The quantitative estimate of drug-likeness (QED) is 0.461. The van der Waals surface area contributed by atoms with Gasteiger partial charge in [0.25, 0.3) is 0 Å². The third-order valence-electron chi connectivity index (χ3n) is 1.68. The van der Waals surface area contributed by atoms with Gasteiger partial charge in [-0.15, -0.1) is 0 Å². The van der Waals surface area contributed by atoms with Crippen LogP contribution in [0.1, 0.15) is 6.92 Å². The SMILES string of the molecule is CNC(=O)CNC(=O)NCC(C)C(=O)O. The molecule has 0 saturated heterocycles. The summed E-state index contributed by atoms with van der Waals surface area (Å²) in [7, 11) is 1.45. The average molecular weight is 217 g/mol. The van der Waals surface area contributed by atoms with Crippen molar-refractivity contribution in [3.63, 3.8) is 0 Å². The summed E-state index contributed by atoms with van der Waals surface area (Å²) in [5.41, 5.74) is 0. The number of carboxylic acid groups (broad SMARTS) is 1. The van der Waals surface area contributed by atoms with Crippen molar-refractivity contribution in [1.82, 2.24) is 16.0 Å². The third-order valence-corrected chi connectivity index (χ3v) is 1.68. The molecule has 4 N–H and O–H groups in total. The van der Waals surface area contributed by atoms with E-state index in [4.69, 9.17) is 5.11 Å². The number of carbonyl (C=O) groups is 3. The predicted molar refractivity (Wildman–Crippen MR) is 52.3 cm³/mol. The minimum absolute atomic E-state index is 0.0227. The second kappa shape index (κ2) is 6.63. The number of hydrogen-bond acceptors (Lipinski definition) is 3. The van der Waals surface area contributed by atoms with E-state index < -0.39 is 17.9 Å². The first-order chi connectivity index (χ1) is 6.97. The summed E-state index contributed by atoms with van der Waals surface area (Å²) in [4.78, 5) is 32.1. The number of carbonyl (C=O) groups excluding carboxylic acids is 2. The van der Waals surface area contributed by atoms with Crippen LogP contribution in [0.15, 0.2) is 0 Å². The Hall–Kier alpha value is -1.79. The molecule has 0 aromatic rings. The van der Waals surface area contributed by atoms with Crippen LogP contribution in [0.25, 0.3) is 0 Å². The number of rotatable bonds is 5. The second-order valence-electron chi connectivity index (χ2n) is 2.98. The van der Waals surface area contributed by atoms with Gasteiger partial charge in [-0.3, -0.25) is 9.59 Å². The van der Waals surface area contributed by atoms with Gasteiger partial charge in [-0.2, -0.15) is 0 Å². The third kappa shape index (κ3) is 6.30. The molecular formula is C8H15N3O4. The van der Waals surface area contributed by atoms with E-state index in [9.17, 15) is 14.4 Å². The zero-order valence-electron chi connectivity index (χ0n) is 8.66. The van der Waals surface area contributed by atoms with Crippen LogP contribution in [0.5, 0.6) is 0 Å². The largest absolute Gasteiger partial charge is 0.481 e. The summed E-state index contributed by atoms with van der Waals surface area (Å²) < 4.78 is 0. The lowest BCUT2D eigenvalue weighted by molar-refractivity contribution is -0.140. The molecule has 7 nitrogen and oxygen atoms in total. The van der Waals surface area contributed by atoms with Gasteiger partial charge in [-0.25, -0.2) is 4.79 Å². The fraction of sp³-hybridized carbons (Fsp3) is 0.625. The van der Waals surface area contributed by atoms with Gasteiger partial charge in [-0.1, -0.05) is 6.92 Å². The Morgan fingerprint density at radius 1 is 1.27 bits per heavy atom. The predicted octanol–water partition coefficient (Wildman–Crippen LogP) is -1.25. The lowest BCUT2D eigenvalue weighted by atomic mass is 10.2. The van der Waals surface area contributed by atoms with E-state index in [1.807, 2.05) is 0 Å². The van der Waals surface area contributed by atoms with Crippen molar-refractivity contribution in [1.29, 1.82) is 0 Å². The van der Waals surface area contributed by atoms with Gasteiger partial charge < -0.3 is 21.1 Å². The topological polar surface area (TPSA) is 108 Å². The molecule has 0 fully saturated rings. The Bertz CT molecular complexity index is 254. The molecule has 15 heavy (non-hydrogen) atoms. The van der Waals surface area contributed by atoms with Gasteiger partial charge in [0, 0.05) is 13.6 Å². The Balaban J connectivity index is 3.66. The van der Waals surface area contributed by atoms with Crippen LogP contribution in [0.3, 0.4) is 0 Å². The smallest absolute Gasteiger partial charge is 0.315 e. The highest BCUT2D eigenvalue weighted by molar-refractivity contribution is 5.83. The Kier molecular flexibility index (Phi) is 5.84. The van der Waals surface area contributed by atoms with Crippen molar-refractivity contribution in [3.8, 4) is 0 Å². The number of carboxylic acids is 1. The van der Waals surface area contributed by atoms with Crippen molar-refractivity contribution >= 4 is 17.9 Å². The molecule has 86 valence electrons. The maximum Gasteiger partial charge on any atom is 0.315 e. The van der Waals surface area contributed by atoms with E-state index in [0.717, 1.165) is 0 Å². The minimum Gasteiger partial charge on any atom is -0.481 e. The molecule has 0 spiro atoms. The number of urea groups is 1. The molecular weight excluding hydrogens is 202 g/mol. The van der Waals surface area contributed by atoms with Crippen LogP contribution in [-0.2, 0) is 9.59 Å². The monoisotopic (exact) mass is 217 g/mol. The first kappa shape index (κ1) is 13.2. The van der Waals surface area contributed by atoms with Crippen molar-refractivity contribution in [2.24, 2.45) is 5.92 Å². The van der Waals surface area contributed by atoms with Gasteiger partial charge in [0.15, 0.2) is 0 Å². The fourth-order valence-corrected chi connectivity index (χ4v) is 0.645. The molecule has 0 aliphatic carbocycles. The zero-order chi connectivity index (χ0) is 11.8. The molecule has 1 atom stereocenters. The van der Waals surface area contributed by atoms with E-state index in [-0.39, 0.29) is 19.0 Å². The van der Waals surface area contributed by atoms with Crippen LogP contribution >= 0.6 is 0 Å². The molecule has 0 radical (unpaired) electrons. The van der Waals surface area contributed by atoms with Crippen molar-refractivity contribution in [3.05, 3.63) is 0 Å². The number of likely N-dealkylation sites (N-methyl/N-ethyl adjacent to an activating group) is 1. The van der Waals surface area contributed by atoms with Crippen LogP contribution in [0, 0.1) is 5.92 Å². The molecule has 0 aliphatic heterocycles. The van der Waals surface area contributed by atoms with Gasteiger partial charge in [0.1, 0.15) is 0 Å². The molecule has 1 unspecified atom stereocenters. The van der Waals surface area contributed by atoms with Crippen LogP contribution in [-0.4, -0.2) is 43.2 Å². The number of amides is 3. The average Bonchev–Trinajstić information content (AvgIpc) is 2.21. The van der Waals surface area contributed by atoms with E-state index in [1.165, 1.54) is 14.0 Å². The standard InChI is InChI=1S/C8H15N3O4/c1-5(7(13)14)3-10-8(15)11-4-6(12)9-2/h5H,3-4H2,1-2H3,(H,9,12)(H,13,14)(H2,10,11,15). The first-order valence-corrected chi connectivity index (χ1v) is 4.42. The number of aliphatic carboxylic acids is 1. The number of nitrogens with one attached hydrogen (secondary N) is 3. The van der Waals surface area contributed by atoms with Crippen molar-refractivity contribution < 1.29 is 19.5 Å². The second-order valence-corrected chi connectivity index (χ2v) is 2.98. The minimum atomic E-state index is -0.985. The Morgan fingerprint density at radius 3 is 2.33 bits per heavy atom. The van der Waals surface area contributed by atoms with Gasteiger partial charge in [-0.05, 0) is 0 Å². The lowest BCUT2D eigenvalue weighted by Crippen LogP contribution is -2.43. The molecule has 0 aliphatic rings. The van der Waals surface area contributed by atoms with Crippen LogP contribution in [0.4, 0.5) is 4.79 Å². The highest BCUT2D eigenvalue weighted by Crippen LogP contribution is 1.90. The summed E-state index contributed by atoms with van der Waals surface area (Å²) in [6, 6.07) is -0.563. The molecule has 0 saturated carbocycles. The van der Waals surface area contributed by atoms with Gasteiger partial charge in [0.05, 0.1) is 12.5 Å².